The molecule has 5 rings (SSSR count). The summed E-state index contributed by atoms with van der Waals surface area (Å²) in [6, 6.07) is 9.39. The Kier molecular flexibility index (Phi) is 4.81. The number of rotatable bonds is 7. The summed E-state index contributed by atoms with van der Waals surface area (Å²) >= 11 is 0. The van der Waals surface area contributed by atoms with Crippen molar-refractivity contribution in [2.45, 2.75) is 38.0 Å². The number of fused-ring (bicyclic) bond motifs is 2. The summed E-state index contributed by atoms with van der Waals surface area (Å²) in [6.07, 6.45) is 0.496. The molecule has 2 aromatic heterocycles. The number of hydrogen-bond donors (Lipinski definition) is 3. The lowest BCUT2D eigenvalue weighted by Gasteiger charge is -2.23. The Bertz CT molecular complexity index is 1240. The summed E-state index contributed by atoms with van der Waals surface area (Å²) < 4.78 is 1.66. The van der Waals surface area contributed by atoms with Gasteiger partial charge < -0.3 is 20.1 Å². The van der Waals surface area contributed by atoms with Crippen molar-refractivity contribution in [3.63, 3.8) is 0 Å². The summed E-state index contributed by atoms with van der Waals surface area (Å²) in [5.74, 6) is -0.0113. The van der Waals surface area contributed by atoms with Crippen molar-refractivity contribution in [1.29, 1.82) is 0 Å². The third kappa shape index (κ3) is 3.01. The summed E-state index contributed by atoms with van der Waals surface area (Å²) in [7, 11) is 0. The average Bonchev–Trinajstić information content (AvgIpc) is 3.33. The van der Waals surface area contributed by atoms with Crippen molar-refractivity contribution in [1.82, 2.24) is 19.5 Å². The third-order valence-corrected chi connectivity index (χ3v) is 6.74. The maximum Gasteiger partial charge on any atom is 0.220 e. The van der Waals surface area contributed by atoms with Gasteiger partial charge in [-0.05, 0) is 41.9 Å². The van der Waals surface area contributed by atoms with Crippen molar-refractivity contribution < 1.29 is 15.0 Å². The molecule has 2 aliphatic carbocycles. The van der Waals surface area contributed by atoms with E-state index >= 15 is 0 Å². The van der Waals surface area contributed by atoms with Crippen LogP contribution in [0, 0.1) is 11.3 Å². The van der Waals surface area contributed by atoms with E-state index in [1.165, 1.54) is 13.3 Å². The molecule has 3 aromatic rings. The fraction of sp³-hybridized carbons (Fsp3) is 0.429. The normalized spacial score (nSPS) is 28.2. The molecule has 0 spiro atoms. The molecule has 11 heteroatoms. The van der Waals surface area contributed by atoms with Gasteiger partial charge in [0.05, 0.1) is 23.9 Å². The average molecular weight is 434 g/mol. The van der Waals surface area contributed by atoms with Crippen molar-refractivity contribution in [3.05, 3.63) is 52.7 Å². The summed E-state index contributed by atoms with van der Waals surface area (Å²) in [6.45, 7) is 2.01. The molecule has 3 N–H and O–H groups in total. The van der Waals surface area contributed by atoms with Crippen LogP contribution in [-0.2, 0) is 11.2 Å². The molecule has 0 bridgehead atoms. The maximum absolute atomic E-state index is 12.2. The van der Waals surface area contributed by atoms with Crippen LogP contribution in [0.2, 0.25) is 0 Å². The number of benzene rings is 1. The number of Topliss-reactive ketones (excluding diaryl/α,β-unsaturated/α-hetero) is 1. The molecule has 2 aliphatic rings. The summed E-state index contributed by atoms with van der Waals surface area (Å²) in [5.41, 5.74) is 9.95. The lowest BCUT2D eigenvalue weighted by atomic mass is 9.95. The SMILES string of the molecule is CC(=O)[C@@]12CC1[C@@H](n1cnc3c(NCCc4ccccc4)nc(N=[N+]=[N-])nc31)[C@H](O)C2O. The topological polar surface area (TPSA) is 162 Å². The molecule has 0 saturated heterocycles. The Labute approximate surface area is 182 Å². The zero-order valence-corrected chi connectivity index (χ0v) is 17.3. The molecule has 0 amide bonds. The zero-order chi connectivity index (χ0) is 22.5. The minimum absolute atomic E-state index is 0.0781. The van der Waals surface area contributed by atoms with E-state index in [1.54, 1.807) is 4.57 Å². The molecule has 2 unspecified atom stereocenters. The van der Waals surface area contributed by atoms with E-state index in [1.807, 2.05) is 30.3 Å². The van der Waals surface area contributed by atoms with Gasteiger partial charge in [-0.1, -0.05) is 30.3 Å². The maximum atomic E-state index is 12.2. The van der Waals surface area contributed by atoms with E-state index in [0.29, 0.717) is 29.9 Å². The Hall–Kier alpha value is -3.53. The van der Waals surface area contributed by atoms with Gasteiger partial charge >= 0.3 is 0 Å². The molecule has 1 aromatic carbocycles. The van der Waals surface area contributed by atoms with Crippen LogP contribution in [0.5, 0.6) is 0 Å². The highest BCUT2D eigenvalue weighted by atomic mass is 16.3. The van der Waals surface area contributed by atoms with E-state index in [2.05, 4.69) is 30.3 Å². The smallest absolute Gasteiger partial charge is 0.220 e. The highest BCUT2D eigenvalue weighted by Gasteiger charge is 2.74. The molecular weight excluding hydrogens is 412 g/mol. The Morgan fingerprint density at radius 1 is 1.34 bits per heavy atom. The lowest BCUT2D eigenvalue weighted by molar-refractivity contribution is -0.128. The minimum Gasteiger partial charge on any atom is -0.389 e. The van der Waals surface area contributed by atoms with Gasteiger partial charge in [0.15, 0.2) is 11.5 Å². The molecule has 0 aliphatic heterocycles. The number of nitrogens with one attached hydrogen (secondary N) is 1. The molecular formula is C21H22N8O3. The van der Waals surface area contributed by atoms with E-state index in [4.69, 9.17) is 5.53 Å². The number of nitrogens with zero attached hydrogens (tertiary/aromatic N) is 7. The van der Waals surface area contributed by atoms with Gasteiger partial charge in [0.25, 0.3) is 0 Å². The number of carbonyl (C=O) groups is 1. The molecule has 32 heavy (non-hydrogen) atoms. The van der Waals surface area contributed by atoms with Crippen LogP contribution in [0.1, 0.15) is 24.9 Å². The Morgan fingerprint density at radius 2 is 2.12 bits per heavy atom. The largest absolute Gasteiger partial charge is 0.389 e. The van der Waals surface area contributed by atoms with Crippen LogP contribution in [-0.4, -0.2) is 54.3 Å². The number of anilines is 1. The number of imidazole rings is 1. The van der Waals surface area contributed by atoms with Crippen LogP contribution in [0.4, 0.5) is 11.8 Å². The third-order valence-electron chi connectivity index (χ3n) is 6.74. The molecule has 11 nitrogen and oxygen atoms in total. The molecule has 164 valence electrons. The molecule has 2 fully saturated rings. The van der Waals surface area contributed by atoms with Crippen LogP contribution < -0.4 is 5.32 Å². The molecule has 2 saturated carbocycles. The van der Waals surface area contributed by atoms with E-state index in [0.717, 1.165) is 12.0 Å². The quantitative estimate of drug-likeness (QED) is 0.292. The van der Waals surface area contributed by atoms with Gasteiger partial charge in [-0.2, -0.15) is 0 Å². The number of ketones is 1. The van der Waals surface area contributed by atoms with Gasteiger partial charge in [0.1, 0.15) is 17.4 Å². The second-order valence-electron chi connectivity index (χ2n) is 8.38. The van der Waals surface area contributed by atoms with Crippen LogP contribution in [0.25, 0.3) is 21.6 Å². The zero-order valence-electron chi connectivity index (χ0n) is 17.3. The van der Waals surface area contributed by atoms with Gasteiger partial charge in [0.2, 0.25) is 5.95 Å². The number of carbonyl (C=O) groups excluding carboxylic acids is 1. The first kappa shape index (κ1) is 20.4. The fourth-order valence-electron chi connectivity index (χ4n) is 5.07. The van der Waals surface area contributed by atoms with E-state index < -0.39 is 23.7 Å². The molecule has 0 radical (unpaired) electrons. The lowest BCUT2D eigenvalue weighted by Crippen LogP contribution is -2.36. The molecule has 2 heterocycles. The first-order valence-corrected chi connectivity index (χ1v) is 10.4. The predicted octanol–water partition coefficient (Wildman–Crippen LogP) is 2.29. The number of aliphatic hydroxyl groups is 2. The predicted molar refractivity (Wildman–Crippen MR) is 115 cm³/mol. The second kappa shape index (κ2) is 7.56. The second-order valence-corrected chi connectivity index (χ2v) is 8.38. The monoisotopic (exact) mass is 434 g/mol. The highest BCUT2D eigenvalue weighted by Crippen LogP contribution is 2.68. The number of azide groups is 1. The van der Waals surface area contributed by atoms with Gasteiger partial charge in [-0.3, -0.25) is 4.79 Å². The van der Waals surface area contributed by atoms with E-state index in [9.17, 15) is 15.0 Å². The van der Waals surface area contributed by atoms with Crippen LogP contribution in [0.15, 0.2) is 41.8 Å². The van der Waals surface area contributed by atoms with Crippen molar-refractivity contribution >= 4 is 28.7 Å². The standard InChI is InChI=1S/C21H22N8O3/c1-11(30)21-9-13(21)15(16(31)17(21)32)29-10-24-14-18(25-20(27-28-22)26-19(14)29)23-8-7-12-5-3-2-4-6-12/h2-6,10,13,15-17,31-32H,7-9H2,1H3,(H,23,25,26)/t13?,15-,16+,17?,21+/m1/s1. The first-order valence-electron chi connectivity index (χ1n) is 10.4. The van der Waals surface area contributed by atoms with Gasteiger partial charge in [-0.15, -0.1) is 0 Å². The summed E-state index contributed by atoms with van der Waals surface area (Å²) in [4.78, 5) is 28.0. The van der Waals surface area contributed by atoms with Crippen molar-refractivity contribution in [2.24, 2.45) is 16.4 Å². The highest BCUT2D eigenvalue weighted by molar-refractivity contribution is 5.88. The first-order chi connectivity index (χ1) is 15.5. The van der Waals surface area contributed by atoms with Crippen molar-refractivity contribution in [3.8, 4) is 0 Å². The Morgan fingerprint density at radius 3 is 2.81 bits per heavy atom. The Balaban J connectivity index is 1.49. The van der Waals surface area contributed by atoms with Gasteiger partial charge in [-0.25, -0.2) is 15.0 Å². The summed E-state index contributed by atoms with van der Waals surface area (Å²) in [5, 5.41) is 28.1. The molecule has 5 atom stereocenters. The van der Waals surface area contributed by atoms with Crippen molar-refractivity contribution in [2.75, 3.05) is 11.9 Å². The van der Waals surface area contributed by atoms with Gasteiger partial charge in [0, 0.05) is 11.5 Å². The fourth-order valence-corrected chi connectivity index (χ4v) is 5.07. The number of aromatic nitrogens is 4. The van der Waals surface area contributed by atoms with Crippen LogP contribution in [0.3, 0.4) is 0 Å². The van der Waals surface area contributed by atoms with Crippen LogP contribution >= 0.6 is 0 Å². The van der Waals surface area contributed by atoms with E-state index in [-0.39, 0.29) is 17.6 Å². The number of hydrogen-bond acceptors (Lipinski definition) is 8. The minimum atomic E-state index is -1.14. The number of aliphatic hydroxyl groups excluding tert-OH is 2.